The van der Waals surface area contributed by atoms with Crippen LogP contribution in [0, 0.1) is 0 Å². The van der Waals surface area contributed by atoms with Gasteiger partial charge >= 0.3 is 0 Å². The molecule has 2 aliphatic heterocycles. The first-order chi connectivity index (χ1) is 13.5. The average molecular weight is 380 g/mol. The summed E-state index contributed by atoms with van der Waals surface area (Å²) >= 11 is 0. The highest BCUT2D eigenvalue weighted by Crippen LogP contribution is 2.30. The Morgan fingerprint density at radius 2 is 1.57 bits per heavy atom. The highest BCUT2D eigenvalue weighted by Gasteiger charge is 2.32. The van der Waals surface area contributed by atoms with Crippen molar-refractivity contribution in [2.75, 3.05) is 19.6 Å². The lowest BCUT2D eigenvalue weighted by Gasteiger charge is -2.35. The Kier molecular flexibility index (Phi) is 4.89. The van der Waals surface area contributed by atoms with Crippen LogP contribution in [0.2, 0.25) is 0 Å². The first-order valence-electron chi connectivity index (χ1n) is 9.77. The summed E-state index contributed by atoms with van der Waals surface area (Å²) in [7, 11) is 0. The van der Waals surface area contributed by atoms with Crippen molar-refractivity contribution in [3.8, 4) is 0 Å². The summed E-state index contributed by atoms with van der Waals surface area (Å²) in [4.78, 5) is 41.4. The smallest absolute Gasteiger partial charge is 0.261 e. The molecule has 2 aliphatic rings. The second-order valence-electron chi connectivity index (χ2n) is 7.63. The molecule has 0 saturated carbocycles. The monoisotopic (exact) mass is 380 g/mol. The van der Waals surface area contributed by atoms with Crippen LogP contribution in [0.5, 0.6) is 0 Å². The van der Waals surface area contributed by atoms with Crippen molar-refractivity contribution < 1.29 is 19.1 Å². The van der Waals surface area contributed by atoms with Crippen molar-refractivity contribution in [1.82, 2.24) is 9.80 Å². The minimum atomic E-state index is -0.282. The predicted molar refractivity (Wildman–Crippen MR) is 105 cm³/mol. The van der Waals surface area contributed by atoms with Crippen LogP contribution in [-0.2, 0) is 9.53 Å². The van der Waals surface area contributed by atoms with E-state index in [4.69, 9.17) is 4.74 Å². The molecule has 1 fully saturated rings. The van der Waals surface area contributed by atoms with E-state index < -0.39 is 0 Å². The van der Waals surface area contributed by atoms with Crippen LogP contribution in [-0.4, -0.2) is 59.4 Å². The summed E-state index contributed by atoms with van der Waals surface area (Å²) in [6, 6.07) is 11.0. The van der Waals surface area contributed by atoms with Gasteiger partial charge in [0.25, 0.3) is 11.8 Å². The molecule has 146 valence electrons. The molecule has 6 nitrogen and oxygen atoms in total. The number of carbonyl (C=O) groups is 3. The zero-order chi connectivity index (χ0) is 19.8. The van der Waals surface area contributed by atoms with Crippen molar-refractivity contribution in [3.63, 3.8) is 0 Å². The largest absolute Gasteiger partial charge is 0.372 e. The molecule has 0 spiro atoms. The van der Waals surface area contributed by atoms with E-state index in [1.807, 2.05) is 43.0 Å². The molecule has 0 aliphatic carbocycles. The lowest BCUT2D eigenvalue weighted by Crippen LogP contribution is -2.48. The van der Waals surface area contributed by atoms with Gasteiger partial charge in [0.15, 0.2) is 0 Å². The van der Waals surface area contributed by atoms with E-state index in [1.54, 1.807) is 12.1 Å². The standard InChI is InChI=1S/C22H24N2O4/c1-14-12-23(13-15(2)28-14)19(25)10-5-11-24-21(26)17-8-3-6-16-7-4-9-18(20(16)17)22(24)27/h3-4,6-9,14-15H,5,10-13H2,1-2H3. The van der Waals surface area contributed by atoms with E-state index in [2.05, 4.69) is 0 Å². The highest BCUT2D eigenvalue weighted by molar-refractivity contribution is 6.25. The summed E-state index contributed by atoms with van der Waals surface area (Å²) in [5.41, 5.74) is 1.10. The molecule has 2 unspecified atom stereocenters. The maximum absolute atomic E-state index is 12.9. The van der Waals surface area contributed by atoms with E-state index in [9.17, 15) is 14.4 Å². The molecular formula is C22H24N2O4. The Balaban J connectivity index is 1.44. The number of imide groups is 1. The molecule has 0 N–H and O–H groups in total. The van der Waals surface area contributed by atoms with E-state index in [0.717, 1.165) is 10.8 Å². The summed E-state index contributed by atoms with van der Waals surface area (Å²) in [6.07, 6.45) is 0.807. The van der Waals surface area contributed by atoms with Gasteiger partial charge in [-0.2, -0.15) is 0 Å². The van der Waals surface area contributed by atoms with Gasteiger partial charge in [-0.15, -0.1) is 0 Å². The fourth-order valence-electron chi connectivity index (χ4n) is 4.21. The molecule has 0 bridgehead atoms. The van der Waals surface area contributed by atoms with Crippen LogP contribution in [0.1, 0.15) is 47.4 Å². The van der Waals surface area contributed by atoms with E-state index in [0.29, 0.717) is 37.1 Å². The van der Waals surface area contributed by atoms with Gasteiger partial charge in [-0.1, -0.05) is 24.3 Å². The van der Waals surface area contributed by atoms with Crippen LogP contribution >= 0.6 is 0 Å². The average Bonchev–Trinajstić information content (AvgIpc) is 2.67. The van der Waals surface area contributed by atoms with E-state index in [1.165, 1.54) is 4.90 Å². The molecule has 28 heavy (non-hydrogen) atoms. The van der Waals surface area contributed by atoms with Gasteiger partial charge in [-0.3, -0.25) is 19.3 Å². The predicted octanol–water partition coefficient (Wildman–Crippen LogP) is 2.85. The number of benzene rings is 2. The normalized spacial score (nSPS) is 22.1. The van der Waals surface area contributed by atoms with E-state index in [-0.39, 0.29) is 36.5 Å². The maximum atomic E-state index is 12.9. The van der Waals surface area contributed by atoms with Crippen LogP contribution in [0.4, 0.5) is 0 Å². The van der Waals surface area contributed by atoms with Gasteiger partial charge < -0.3 is 9.64 Å². The Morgan fingerprint density at radius 1 is 1.00 bits per heavy atom. The number of hydrogen-bond acceptors (Lipinski definition) is 4. The zero-order valence-electron chi connectivity index (χ0n) is 16.2. The molecule has 4 rings (SSSR count). The molecule has 0 radical (unpaired) electrons. The molecular weight excluding hydrogens is 356 g/mol. The molecule has 2 aromatic carbocycles. The number of hydrogen-bond donors (Lipinski definition) is 0. The number of ether oxygens (including phenoxy) is 1. The van der Waals surface area contributed by atoms with Gasteiger partial charge in [-0.25, -0.2) is 0 Å². The van der Waals surface area contributed by atoms with Crippen molar-refractivity contribution in [2.45, 2.75) is 38.9 Å². The molecule has 2 aromatic rings. The van der Waals surface area contributed by atoms with Crippen LogP contribution in [0.3, 0.4) is 0 Å². The SMILES string of the molecule is CC1CN(C(=O)CCCN2C(=O)c3cccc4cccc(c34)C2=O)CC(C)O1. The molecule has 3 amide bonds. The van der Waals surface area contributed by atoms with Crippen LogP contribution < -0.4 is 0 Å². The quantitative estimate of drug-likeness (QED) is 0.765. The third-order valence-corrected chi connectivity index (χ3v) is 5.40. The number of amides is 3. The Hall–Kier alpha value is -2.73. The first-order valence-corrected chi connectivity index (χ1v) is 9.77. The van der Waals surface area contributed by atoms with Crippen molar-refractivity contribution in [1.29, 1.82) is 0 Å². The van der Waals surface area contributed by atoms with Gasteiger partial charge in [0.2, 0.25) is 5.91 Å². The molecule has 2 atom stereocenters. The van der Waals surface area contributed by atoms with Crippen LogP contribution in [0.15, 0.2) is 36.4 Å². The number of nitrogens with zero attached hydrogens (tertiary/aromatic N) is 2. The van der Waals surface area contributed by atoms with Gasteiger partial charge in [0.05, 0.1) is 12.2 Å². The molecule has 0 aromatic heterocycles. The number of rotatable bonds is 4. The maximum Gasteiger partial charge on any atom is 0.261 e. The first kappa shape index (κ1) is 18.6. The van der Waals surface area contributed by atoms with Gasteiger partial charge in [0.1, 0.15) is 0 Å². The third-order valence-electron chi connectivity index (χ3n) is 5.40. The minimum absolute atomic E-state index is 0.0231. The summed E-state index contributed by atoms with van der Waals surface area (Å²) < 4.78 is 5.66. The fraction of sp³-hybridized carbons (Fsp3) is 0.409. The Bertz CT molecular complexity index is 894. The Morgan fingerprint density at radius 3 is 2.14 bits per heavy atom. The van der Waals surface area contributed by atoms with Crippen molar-refractivity contribution >= 4 is 28.5 Å². The molecule has 2 heterocycles. The number of morpholine rings is 1. The summed E-state index contributed by atoms with van der Waals surface area (Å²) in [5, 5.41) is 1.62. The van der Waals surface area contributed by atoms with Crippen molar-refractivity contribution in [3.05, 3.63) is 47.5 Å². The Labute approximate surface area is 164 Å². The third kappa shape index (κ3) is 3.29. The van der Waals surface area contributed by atoms with Gasteiger partial charge in [-0.05, 0) is 37.8 Å². The zero-order valence-corrected chi connectivity index (χ0v) is 16.2. The fourth-order valence-corrected chi connectivity index (χ4v) is 4.21. The second kappa shape index (κ2) is 7.36. The van der Waals surface area contributed by atoms with Crippen LogP contribution in [0.25, 0.3) is 10.8 Å². The van der Waals surface area contributed by atoms with E-state index >= 15 is 0 Å². The lowest BCUT2D eigenvalue weighted by molar-refractivity contribution is -0.143. The topological polar surface area (TPSA) is 66.9 Å². The number of carbonyl (C=O) groups excluding carboxylic acids is 3. The lowest BCUT2D eigenvalue weighted by atomic mass is 9.94. The minimum Gasteiger partial charge on any atom is -0.372 e. The highest BCUT2D eigenvalue weighted by atomic mass is 16.5. The van der Waals surface area contributed by atoms with Gasteiger partial charge in [0, 0.05) is 42.6 Å². The van der Waals surface area contributed by atoms with Crippen molar-refractivity contribution in [2.24, 2.45) is 0 Å². The summed E-state index contributed by atoms with van der Waals surface area (Å²) in [5.74, 6) is -0.521. The molecule has 1 saturated heterocycles. The molecule has 6 heteroatoms. The second-order valence-corrected chi connectivity index (χ2v) is 7.63. The summed E-state index contributed by atoms with van der Waals surface area (Å²) in [6.45, 7) is 5.32.